The van der Waals surface area contributed by atoms with E-state index in [1.807, 2.05) is 67.8 Å². The third-order valence-electron chi connectivity index (χ3n) is 9.29. The van der Waals surface area contributed by atoms with E-state index in [1.165, 1.54) is 24.6 Å². The van der Waals surface area contributed by atoms with Crippen LogP contribution >= 0.6 is 0 Å². The number of hydrogen-bond acceptors (Lipinski definition) is 8. The highest BCUT2D eigenvalue weighted by molar-refractivity contribution is 6.05. The molecule has 6 rings (SSSR count). The van der Waals surface area contributed by atoms with Gasteiger partial charge in [-0.1, -0.05) is 45.0 Å². The zero-order valence-corrected chi connectivity index (χ0v) is 28.5. The molecule has 1 fully saturated rings. The maximum atomic E-state index is 14.0. The number of ether oxygens (including phenoxy) is 1. The SMILES string of the molecule is C[C@H]1CCCCN1c1nnc2ccc(OC3CCC(NC(=O)NC(C=C(N)C(C)(C)C)=Nc4ccc(F)c(CO)c4)c4ccccc43)cn12. The summed E-state index contributed by atoms with van der Waals surface area (Å²) in [6.45, 7) is 8.57. The first-order chi connectivity index (χ1) is 23.5. The van der Waals surface area contributed by atoms with Gasteiger partial charge in [0.15, 0.2) is 5.65 Å². The molecule has 0 radical (unpaired) electrons. The van der Waals surface area contributed by atoms with Gasteiger partial charge in [0.1, 0.15) is 23.5 Å². The molecule has 2 aromatic heterocycles. The number of pyridine rings is 1. The number of halogens is 1. The molecular formula is C37H45FN8O3. The van der Waals surface area contributed by atoms with E-state index in [9.17, 15) is 14.3 Å². The first-order valence-corrected chi connectivity index (χ1v) is 16.9. The van der Waals surface area contributed by atoms with Crippen molar-refractivity contribution in [2.24, 2.45) is 16.1 Å². The van der Waals surface area contributed by atoms with Crippen LogP contribution in [-0.2, 0) is 6.61 Å². The number of piperidine rings is 1. The summed E-state index contributed by atoms with van der Waals surface area (Å²) in [5.41, 5.74) is 9.67. The van der Waals surface area contributed by atoms with Gasteiger partial charge >= 0.3 is 6.03 Å². The zero-order chi connectivity index (χ0) is 34.7. The van der Waals surface area contributed by atoms with E-state index < -0.39 is 18.5 Å². The predicted octanol–water partition coefficient (Wildman–Crippen LogP) is 6.61. The van der Waals surface area contributed by atoms with Crippen molar-refractivity contribution in [1.82, 2.24) is 25.2 Å². The lowest BCUT2D eigenvalue weighted by molar-refractivity contribution is 0.171. The molecule has 258 valence electrons. The zero-order valence-electron chi connectivity index (χ0n) is 28.5. The first-order valence-electron chi connectivity index (χ1n) is 16.9. The second-order valence-electron chi connectivity index (χ2n) is 13.9. The van der Waals surface area contributed by atoms with Crippen molar-refractivity contribution in [3.63, 3.8) is 0 Å². The molecule has 1 aliphatic heterocycles. The number of allylic oxidation sites excluding steroid dienone is 1. The van der Waals surface area contributed by atoms with Crippen LogP contribution in [0.5, 0.6) is 5.75 Å². The number of carbonyl (C=O) groups is 1. The predicted molar refractivity (Wildman–Crippen MR) is 188 cm³/mol. The van der Waals surface area contributed by atoms with Gasteiger partial charge in [0, 0.05) is 35.3 Å². The highest BCUT2D eigenvalue weighted by atomic mass is 19.1. The molecule has 3 heterocycles. The smallest absolute Gasteiger partial charge is 0.320 e. The van der Waals surface area contributed by atoms with Crippen molar-refractivity contribution in [2.75, 3.05) is 11.4 Å². The van der Waals surface area contributed by atoms with Gasteiger partial charge in [-0.2, -0.15) is 0 Å². The van der Waals surface area contributed by atoms with E-state index in [2.05, 4.69) is 37.6 Å². The van der Waals surface area contributed by atoms with Crippen molar-refractivity contribution in [2.45, 2.75) is 84.6 Å². The van der Waals surface area contributed by atoms with Gasteiger partial charge in [-0.25, -0.2) is 14.2 Å². The molecule has 2 amide bonds. The molecule has 2 unspecified atom stereocenters. The number of hydrogen-bond donors (Lipinski definition) is 4. The molecular weight excluding hydrogens is 623 g/mol. The summed E-state index contributed by atoms with van der Waals surface area (Å²) in [4.78, 5) is 20.3. The normalized spacial score (nSPS) is 20.2. The third kappa shape index (κ3) is 7.69. The second-order valence-corrected chi connectivity index (χ2v) is 13.9. The van der Waals surface area contributed by atoms with Crippen LogP contribution in [0, 0.1) is 11.2 Å². The molecule has 0 saturated carbocycles. The summed E-state index contributed by atoms with van der Waals surface area (Å²) in [5.74, 6) is 1.21. The number of nitrogens with one attached hydrogen (secondary N) is 2. The van der Waals surface area contributed by atoms with E-state index in [0.29, 0.717) is 30.3 Å². The quantitative estimate of drug-likeness (QED) is 0.128. The number of nitrogens with two attached hydrogens (primary N) is 1. The van der Waals surface area contributed by atoms with Gasteiger partial charge in [-0.3, -0.25) is 9.72 Å². The molecule has 49 heavy (non-hydrogen) atoms. The van der Waals surface area contributed by atoms with Crippen LogP contribution in [0.15, 0.2) is 77.6 Å². The van der Waals surface area contributed by atoms with E-state index in [0.717, 1.165) is 47.9 Å². The van der Waals surface area contributed by atoms with Crippen LogP contribution in [-0.4, -0.2) is 44.2 Å². The number of amidine groups is 1. The number of fused-ring (bicyclic) bond motifs is 2. The fraction of sp³-hybridized carbons (Fsp3) is 0.405. The Kier molecular flexibility index (Phi) is 9.86. The minimum atomic E-state index is -0.534. The lowest BCUT2D eigenvalue weighted by Crippen LogP contribution is -2.42. The van der Waals surface area contributed by atoms with Gasteiger partial charge in [-0.05, 0) is 80.5 Å². The largest absolute Gasteiger partial charge is 0.484 e. The van der Waals surface area contributed by atoms with Gasteiger partial charge < -0.3 is 25.8 Å². The number of rotatable bonds is 7. The summed E-state index contributed by atoms with van der Waals surface area (Å²) in [6.07, 6.45) is 8.17. The van der Waals surface area contributed by atoms with Crippen molar-refractivity contribution < 1.29 is 19.0 Å². The Hall–Kier alpha value is -4.97. The number of aliphatic hydroxyl groups excluding tert-OH is 1. The third-order valence-corrected chi connectivity index (χ3v) is 9.29. The van der Waals surface area contributed by atoms with Crippen LogP contribution in [0.4, 0.5) is 20.8 Å². The number of amides is 2. The Morgan fingerprint density at radius 1 is 1.10 bits per heavy atom. The van der Waals surface area contributed by atoms with Crippen molar-refractivity contribution in [1.29, 1.82) is 0 Å². The Balaban J connectivity index is 1.20. The number of nitrogens with zero attached hydrogens (tertiary/aromatic N) is 5. The minimum Gasteiger partial charge on any atom is -0.484 e. The van der Waals surface area contributed by atoms with E-state index >= 15 is 0 Å². The Labute approximate surface area is 286 Å². The summed E-state index contributed by atoms with van der Waals surface area (Å²) in [7, 11) is 0. The monoisotopic (exact) mass is 668 g/mol. The maximum Gasteiger partial charge on any atom is 0.320 e. The Bertz CT molecular complexity index is 1880. The molecule has 11 nitrogen and oxygen atoms in total. The summed E-state index contributed by atoms with van der Waals surface area (Å²) in [6, 6.07) is 15.6. The van der Waals surface area contributed by atoms with Crippen LogP contribution in [0.3, 0.4) is 0 Å². The first kappa shape index (κ1) is 33.9. The van der Waals surface area contributed by atoms with Crippen LogP contribution < -0.4 is 26.0 Å². The number of urea groups is 1. The number of aliphatic hydroxyl groups is 1. The molecule has 2 aromatic carbocycles. The molecule has 12 heteroatoms. The number of carbonyl (C=O) groups excluding carboxylic acids is 1. The van der Waals surface area contributed by atoms with E-state index in [-0.39, 0.29) is 29.0 Å². The summed E-state index contributed by atoms with van der Waals surface area (Å²) < 4.78 is 22.6. The lowest BCUT2D eigenvalue weighted by atomic mass is 9.85. The van der Waals surface area contributed by atoms with Crippen molar-refractivity contribution in [3.05, 3.63) is 95.1 Å². The van der Waals surface area contributed by atoms with Crippen molar-refractivity contribution >= 4 is 29.1 Å². The second kappa shape index (κ2) is 14.3. The molecule has 5 N–H and O–H groups in total. The Morgan fingerprint density at radius 3 is 2.65 bits per heavy atom. The van der Waals surface area contributed by atoms with Crippen molar-refractivity contribution in [3.8, 4) is 5.75 Å². The summed E-state index contributed by atoms with van der Waals surface area (Å²) >= 11 is 0. The van der Waals surface area contributed by atoms with Crippen LogP contribution in [0.1, 0.15) is 88.6 Å². The molecule has 4 aromatic rings. The van der Waals surface area contributed by atoms with Crippen LogP contribution in [0.25, 0.3) is 5.65 Å². The molecule has 0 spiro atoms. The van der Waals surface area contributed by atoms with Gasteiger partial charge in [0.2, 0.25) is 5.95 Å². The molecule has 1 saturated heterocycles. The standard InChI is InChI=1S/C37H45FN8O3/c1-23-9-7-8-18-45(23)36-44-43-34-17-13-26(21-46(34)36)49-31-16-15-30(27-10-5-6-11-28(27)31)41-35(48)42-33(20-32(39)37(2,3)4)40-25-12-14-29(38)24(19-25)22-47/h5-6,10-14,17,19-21,23,30-31,47H,7-9,15-16,18,22,39H2,1-4H3,(H2,40,41,42,48)/t23-,30?,31?/m0/s1. The molecule has 1 aliphatic carbocycles. The topological polar surface area (TPSA) is 142 Å². The summed E-state index contributed by atoms with van der Waals surface area (Å²) in [5, 5.41) is 24.4. The average Bonchev–Trinajstić information content (AvgIpc) is 3.49. The fourth-order valence-electron chi connectivity index (χ4n) is 6.37. The lowest BCUT2D eigenvalue weighted by Gasteiger charge is -2.33. The van der Waals surface area contributed by atoms with Gasteiger partial charge in [-0.15, -0.1) is 10.2 Å². The maximum absolute atomic E-state index is 14.0. The molecule has 0 bridgehead atoms. The highest BCUT2D eigenvalue weighted by Gasteiger charge is 2.30. The minimum absolute atomic E-state index is 0.104. The molecule has 3 atom stereocenters. The fourth-order valence-corrected chi connectivity index (χ4v) is 6.37. The molecule has 2 aliphatic rings. The van der Waals surface area contributed by atoms with Gasteiger partial charge in [0.25, 0.3) is 0 Å². The average molecular weight is 669 g/mol. The Morgan fingerprint density at radius 2 is 1.90 bits per heavy atom. The number of benzene rings is 2. The highest BCUT2D eigenvalue weighted by Crippen LogP contribution is 2.39. The number of anilines is 1. The van der Waals surface area contributed by atoms with Crippen LogP contribution in [0.2, 0.25) is 0 Å². The number of aliphatic imine (C=N–C) groups is 1. The van der Waals surface area contributed by atoms with Gasteiger partial charge in [0.05, 0.1) is 24.5 Å². The van der Waals surface area contributed by atoms with E-state index in [1.54, 1.807) is 6.08 Å². The number of aromatic nitrogens is 3. The van der Waals surface area contributed by atoms with E-state index in [4.69, 9.17) is 10.5 Å².